The van der Waals surface area contributed by atoms with Crippen LogP contribution in [0.4, 0.5) is 5.13 Å². The van der Waals surface area contributed by atoms with Crippen molar-refractivity contribution in [3.63, 3.8) is 0 Å². The summed E-state index contributed by atoms with van der Waals surface area (Å²) in [5, 5.41) is 12.4. The van der Waals surface area contributed by atoms with E-state index in [1.54, 1.807) is 12.4 Å². The quantitative estimate of drug-likeness (QED) is 0.711. The predicted molar refractivity (Wildman–Crippen MR) is 109 cm³/mol. The fourth-order valence-corrected chi connectivity index (χ4v) is 3.83. The van der Waals surface area contributed by atoms with Crippen molar-refractivity contribution < 1.29 is 14.7 Å². The Balaban J connectivity index is 0.000000878. The molecule has 0 bridgehead atoms. The molecule has 1 saturated heterocycles. The summed E-state index contributed by atoms with van der Waals surface area (Å²) >= 11 is 1.46. The molecule has 1 atom stereocenters. The number of carbonyl (C=O) groups is 2. The molecule has 2 aromatic rings. The van der Waals surface area contributed by atoms with Crippen LogP contribution in [0.1, 0.15) is 25.3 Å². The van der Waals surface area contributed by atoms with Crippen LogP contribution in [0.5, 0.6) is 0 Å². The topological polar surface area (TPSA) is 98.7 Å². The highest BCUT2D eigenvalue weighted by molar-refractivity contribution is 7.13. The minimum atomic E-state index is -0.250. The van der Waals surface area contributed by atoms with E-state index in [2.05, 4.69) is 38.1 Å². The first kappa shape index (κ1) is 21.9. The number of rotatable bonds is 6. The van der Waals surface area contributed by atoms with Gasteiger partial charge >= 0.3 is 0 Å². The molecule has 9 heteroatoms. The summed E-state index contributed by atoms with van der Waals surface area (Å²) in [5.41, 5.74) is 1.24. The van der Waals surface area contributed by atoms with Crippen LogP contribution in [0.25, 0.3) is 0 Å². The zero-order chi connectivity index (χ0) is 20.2. The zero-order valence-electron chi connectivity index (χ0n) is 16.0. The average Bonchev–Trinajstić information content (AvgIpc) is 3.10. The van der Waals surface area contributed by atoms with Gasteiger partial charge in [-0.25, -0.2) is 4.98 Å². The maximum Gasteiger partial charge on any atom is 0.290 e. The summed E-state index contributed by atoms with van der Waals surface area (Å²) in [6.45, 7) is 6.62. The van der Waals surface area contributed by atoms with E-state index in [1.165, 1.54) is 16.9 Å². The van der Waals surface area contributed by atoms with Crippen molar-refractivity contribution in [1.29, 1.82) is 0 Å². The first-order valence-electron chi connectivity index (χ1n) is 9.31. The van der Waals surface area contributed by atoms with Gasteiger partial charge in [0.05, 0.1) is 6.04 Å². The second kappa shape index (κ2) is 12.2. The van der Waals surface area contributed by atoms with Crippen molar-refractivity contribution in [2.45, 2.75) is 32.4 Å². The van der Waals surface area contributed by atoms with Crippen molar-refractivity contribution in [3.05, 3.63) is 41.7 Å². The van der Waals surface area contributed by atoms with Crippen LogP contribution in [0, 0.1) is 0 Å². The summed E-state index contributed by atoms with van der Waals surface area (Å²) in [7, 11) is 0. The van der Waals surface area contributed by atoms with E-state index >= 15 is 0 Å². The lowest BCUT2D eigenvalue weighted by molar-refractivity contribution is -0.123. The van der Waals surface area contributed by atoms with Gasteiger partial charge in [0.15, 0.2) is 5.13 Å². The Kier molecular flexibility index (Phi) is 9.53. The van der Waals surface area contributed by atoms with E-state index in [-0.39, 0.29) is 18.4 Å². The van der Waals surface area contributed by atoms with Gasteiger partial charge < -0.3 is 10.4 Å². The molecule has 1 aliphatic heterocycles. The molecule has 1 unspecified atom stereocenters. The standard InChI is InChI=1S/C18H25N5OS.CH2O2/c1-2-16(17(24)21-18-20-7-12-25-18)23-9-4-8-22(10-11-23)14-15-5-3-6-19-13-15;2-1-3/h3,5-7,12-13,16H,2,4,8-11,14H2,1H3,(H,20,21,24);1H,(H,2,3). The van der Waals surface area contributed by atoms with Gasteiger partial charge in [-0.2, -0.15) is 0 Å². The Morgan fingerprint density at radius 3 is 2.82 bits per heavy atom. The van der Waals surface area contributed by atoms with E-state index in [9.17, 15) is 4.79 Å². The molecule has 2 aromatic heterocycles. The van der Waals surface area contributed by atoms with E-state index in [0.29, 0.717) is 5.13 Å². The molecule has 3 rings (SSSR count). The summed E-state index contributed by atoms with van der Waals surface area (Å²) in [6, 6.07) is 4.00. The summed E-state index contributed by atoms with van der Waals surface area (Å²) < 4.78 is 0. The monoisotopic (exact) mass is 405 g/mol. The van der Waals surface area contributed by atoms with Crippen molar-refractivity contribution in [3.8, 4) is 0 Å². The molecule has 0 aliphatic carbocycles. The van der Waals surface area contributed by atoms with Gasteiger partial charge in [-0.05, 0) is 31.0 Å². The minimum absolute atomic E-state index is 0.0539. The van der Waals surface area contributed by atoms with Crippen LogP contribution in [-0.2, 0) is 16.1 Å². The van der Waals surface area contributed by atoms with Crippen LogP contribution in [0.15, 0.2) is 36.1 Å². The van der Waals surface area contributed by atoms with E-state index < -0.39 is 0 Å². The Morgan fingerprint density at radius 1 is 1.36 bits per heavy atom. The molecule has 1 fully saturated rings. The van der Waals surface area contributed by atoms with Gasteiger partial charge in [0.25, 0.3) is 6.47 Å². The molecule has 8 nitrogen and oxygen atoms in total. The molecule has 2 N–H and O–H groups in total. The first-order chi connectivity index (χ1) is 13.7. The number of carboxylic acid groups (broad SMARTS) is 1. The number of nitrogens with one attached hydrogen (secondary N) is 1. The van der Waals surface area contributed by atoms with Gasteiger partial charge in [0.2, 0.25) is 5.91 Å². The SMILES string of the molecule is CCC(C(=O)Nc1nccs1)N1CCCN(Cc2cccnc2)CC1.O=CO. The molecular formula is C19H27N5O3S. The molecule has 28 heavy (non-hydrogen) atoms. The van der Waals surface area contributed by atoms with Crippen LogP contribution in [0.3, 0.4) is 0 Å². The van der Waals surface area contributed by atoms with Gasteiger partial charge in [0, 0.05) is 50.1 Å². The molecule has 0 saturated carbocycles. The van der Waals surface area contributed by atoms with Crippen molar-refractivity contribution in [2.24, 2.45) is 0 Å². The summed E-state index contributed by atoms with van der Waals surface area (Å²) in [5.74, 6) is 0.0539. The molecule has 1 amide bonds. The highest BCUT2D eigenvalue weighted by Crippen LogP contribution is 2.16. The van der Waals surface area contributed by atoms with Gasteiger partial charge in [-0.1, -0.05) is 13.0 Å². The number of pyridine rings is 1. The first-order valence-corrected chi connectivity index (χ1v) is 10.2. The van der Waals surface area contributed by atoms with Gasteiger partial charge in [-0.3, -0.25) is 24.4 Å². The number of amides is 1. The Hall–Kier alpha value is -2.36. The Morgan fingerprint density at radius 2 is 2.18 bits per heavy atom. The third kappa shape index (κ3) is 6.99. The average molecular weight is 406 g/mol. The smallest absolute Gasteiger partial charge is 0.290 e. The predicted octanol–water partition coefficient (Wildman–Crippen LogP) is 2.16. The van der Waals surface area contributed by atoms with Crippen LogP contribution < -0.4 is 5.32 Å². The van der Waals surface area contributed by atoms with E-state index in [0.717, 1.165) is 45.6 Å². The normalized spacial score (nSPS) is 16.3. The van der Waals surface area contributed by atoms with E-state index in [4.69, 9.17) is 9.90 Å². The largest absolute Gasteiger partial charge is 0.483 e. The zero-order valence-corrected chi connectivity index (χ0v) is 16.8. The highest BCUT2D eigenvalue weighted by Gasteiger charge is 2.26. The van der Waals surface area contributed by atoms with Gasteiger partial charge in [0.1, 0.15) is 0 Å². The molecule has 0 spiro atoms. The van der Waals surface area contributed by atoms with Gasteiger partial charge in [-0.15, -0.1) is 11.3 Å². The Bertz CT molecular complexity index is 699. The summed E-state index contributed by atoms with van der Waals surface area (Å²) in [4.78, 5) is 34.1. The van der Waals surface area contributed by atoms with Crippen molar-refractivity contribution in [1.82, 2.24) is 19.8 Å². The minimum Gasteiger partial charge on any atom is -0.483 e. The molecule has 0 radical (unpaired) electrons. The Labute approximate surface area is 169 Å². The second-order valence-electron chi connectivity index (χ2n) is 6.38. The van der Waals surface area contributed by atoms with Crippen molar-refractivity contribution >= 4 is 28.8 Å². The summed E-state index contributed by atoms with van der Waals surface area (Å²) in [6.07, 6.45) is 7.32. The number of carbonyl (C=O) groups excluding carboxylic acids is 1. The number of hydrogen-bond donors (Lipinski definition) is 2. The highest BCUT2D eigenvalue weighted by atomic mass is 32.1. The maximum absolute atomic E-state index is 12.6. The molecule has 1 aliphatic rings. The number of hydrogen-bond acceptors (Lipinski definition) is 7. The number of nitrogens with zero attached hydrogens (tertiary/aromatic N) is 4. The molecular weight excluding hydrogens is 378 g/mol. The fourth-order valence-electron chi connectivity index (χ4n) is 3.29. The van der Waals surface area contributed by atoms with E-state index in [1.807, 2.05) is 17.6 Å². The second-order valence-corrected chi connectivity index (χ2v) is 7.28. The lowest BCUT2D eigenvalue weighted by Gasteiger charge is -2.28. The number of thiazole rings is 1. The molecule has 3 heterocycles. The molecule has 152 valence electrons. The van der Waals surface area contributed by atoms with Crippen LogP contribution in [0.2, 0.25) is 0 Å². The van der Waals surface area contributed by atoms with Crippen LogP contribution >= 0.6 is 11.3 Å². The lowest BCUT2D eigenvalue weighted by atomic mass is 10.1. The van der Waals surface area contributed by atoms with Crippen molar-refractivity contribution in [2.75, 3.05) is 31.5 Å². The maximum atomic E-state index is 12.6. The third-order valence-corrected chi connectivity index (χ3v) is 5.23. The number of anilines is 1. The van der Waals surface area contributed by atoms with Crippen LogP contribution in [-0.4, -0.2) is 69.5 Å². The fraction of sp³-hybridized carbons (Fsp3) is 0.474. The lowest BCUT2D eigenvalue weighted by Crippen LogP contribution is -2.45. The number of aromatic nitrogens is 2. The molecule has 0 aromatic carbocycles. The third-order valence-electron chi connectivity index (χ3n) is 4.54.